The molecule has 1 aliphatic heterocycles. The Labute approximate surface area is 204 Å². The smallest absolute Gasteiger partial charge is 0.213 e. The van der Waals surface area contributed by atoms with Crippen molar-refractivity contribution >= 4 is 22.6 Å². The largest absolute Gasteiger partial charge is 0.481 e. The van der Waals surface area contributed by atoms with Crippen molar-refractivity contribution in [2.75, 3.05) is 13.7 Å². The second-order valence-corrected chi connectivity index (χ2v) is 9.36. The second kappa shape index (κ2) is 9.55. The Bertz CT molecular complexity index is 1360. The fourth-order valence-electron chi connectivity index (χ4n) is 4.28. The first-order chi connectivity index (χ1) is 16.2. The molecule has 34 heavy (non-hydrogen) atoms. The number of hydrogen-bond acceptors (Lipinski definition) is 6. The van der Waals surface area contributed by atoms with E-state index in [1.54, 1.807) is 26.3 Å². The lowest BCUT2D eigenvalue weighted by Gasteiger charge is -2.33. The quantitative estimate of drug-likeness (QED) is 0.449. The van der Waals surface area contributed by atoms with Crippen molar-refractivity contribution in [2.45, 2.75) is 46.7 Å². The summed E-state index contributed by atoms with van der Waals surface area (Å²) < 4.78 is 11.7. The molecular formula is C27H30ClN3O3. The third-order valence-corrected chi connectivity index (χ3v) is 6.47. The normalized spacial score (nSPS) is 14.8. The molecule has 0 saturated heterocycles. The summed E-state index contributed by atoms with van der Waals surface area (Å²) >= 11 is 6.38. The van der Waals surface area contributed by atoms with Crippen LogP contribution in [0.3, 0.4) is 0 Å². The lowest BCUT2D eigenvalue weighted by Crippen LogP contribution is -2.36. The van der Waals surface area contributed by atoms with Crippen LogP contribution in [-0.4, -0.2) is 29.6 Å². The minimum Gasteiger partial charge on any atom is -0.481 e. The zero-order chi connectivity index (χ0) is 24.6. The van der Waals surface area contributed by atoms with Gasteiger partial charge in [0.15, 0.2) is 5.43 Å². The van der Waals surface area contributed by atoms with Gasteiger partial charge in [-0.2, -0.15) is 0 Å². The highest BCUT2D eigenvalue weighted by Gasteiger charge is 2.22. The molecular weight excluding hydrogens is 450 g/mol. The van der Waals surface area contributed by atoms with Crippen LogP contribution >= 0.6 is 11.6 Å². The van der Waals surface area contributed by atoms with Crippen LogP contribution in [0, 0.1) is 13.8 Å². The zero-order valence-electron chi connectivity index (χ0n) is 20.4. The number of ether oxygens (including phenoxy) is 1. The third-order valence-electron chi connectivity index (χ3n) is 6.13. The molecule has 6 nitrogen and oxygen atoms in total. The number of nitrogens with one attached hydrogen (secondary N) is 1. The summed E-state index contributed by atoms with van der Waals surface area (Å²) in [6.45, 7) is 10.8. The highest BCUT2D eigenvalue weighted by Crippen LogP contribution is 2.32. The molecule has 3 heterocycles. The van der Waals surface area contributed by atoms with E-state index in [4.69, 9.17) is 20.8 Å². The van der Waals surface area contributed by atoms with E-state index in [1.807, 2.05) is 31.2 Å². The third kappa shape index (κ3) is 4.55. The number of rotatable bonds is 6. The van der Waals surface area contributed by atoms with Crippen molar-refractivity contribution in [3.8, 4) is 17.2 Å². The fourth-order valence-corrected chi connectivity index (χ4v) is 4.60. The molecule has 0 spiro atoms. The van der Waals surface area contributed by atoms with Crippen molar-refractivity contribution in [3.63, 3.8) is 0 Å². The van der Waals surface area contributed by atoms with Gasteiger partial charge in [0.2, 0.25) is 5.88 Å². The molecule has 0 aliphatic carbocycles. The predicted molar refractivity (Wildman–Crippen MR) is 137 cm³/mol. The molecule has 1 N–H and O–H groups in total. The van der Waals surface area contributed by atoms with E-state index >= 15 is 0 Å². The van der Waals surface area contributed by atoms with Gasteiger partial charge in [-0.05, 0) is 64.5 Å². The highest BCUT2D eigenvalue weighted by atomic mass is 35.5. The van der Waals surface area contributed by atoms with Crippen LogP contribution in [0.4, 0.5) is 0 Å². The first-order valence-corrected chi connectivity index (χ1v) is 11.7. The van der Waals surface area contributed by atoms with Crippen LogP contribution in [0.15, 0.2) is 62.7 Å². The average molecular weight is 480 g/mol. The van der Waals surface area contributed by atoms with E-state index in [0.717, 1.165) is 27.5 Å². The maximum absolute atomic E-state index is 13.4. The summed E-state index contributed by atoms with van der Waals surface area (Å²) in [6.07, 6.45) is 5.56. The van der Waals surface area contributed by atoms with Gasteiger partial charge in [-0.25, -0.2) is 4.98 Å². The summed E-state index contributed by atoms with van der Waals surface area (Å²) in [5, 5.41) is 4.90. The number of halogens is 1. The number of allylic oxidation sites excluding steroid dienone is 2. The van der Waals surface area contributed by atoms with E-state index < -0.39 is 0 Å². The maximum Gasteiger partial charge on any atom is 0.213 e. The standard InChI is InChI=1S/C27H30ClN3O3/c1-15(2)31-14-20(7-8-23(31)28)30-18(5)21-11-16(3)12-22-25(32)17(4)26(34-27(21)22)19-9-10-29-24(13-19)33-6/h7-13,15,18,30H,14H2,1-6H3. The first kappa shape index (κ1) is 23.9. The van der Waals surface area contributed by atoms with Crippen LogP contribution < -0.4 is 15.5 Å². The number of fused-ring (bicyclic) bond motifs is 1. The molecule has 0 amide bonds. The van der Waals surface area contributed by atoms with Gasteiger partial charge in [-0.1, -0.05) is 17.7 Å². The van der Waals surface area contributed by atoms with Crippen molar-refractivity contribution < 1.29 is 9.15 Å². The summed E-state index contributed by atoms with van der Waals surface area (Å²) in [7, 11) is 1.56. The van der Waals surface area contributed by atoms with Crippen LogP contribution in [0.2, 0.25) is 0 Å². The molecule has 1 atom stereocenters. The monoisotopic (exact) mass is 479 g/mol. The Kier molecular flexibility index (Phi) is 6.71. The molecule has 0 radical (unpaired) electrons. The zero-order valence-corrected chi connectivity index (χ0v) is 21.2. The lowest BCUT2D eigenvalue weighted by atomic mass is 9.99. The first-order valence-electron chi connectivity index (χ1n) is 11.4. The summed E-state index contributed by atoms with van der Waals surface area (Å²) in [5.74, 6) is 0.984. The number of hydrogen-bond donors (Lipinski definition) is 1. The van der Waals surface area contributed by atoms with Gasteiger partial charge in [0.1, 0.15) is 16.5 Å². The van der Waals surface area contributed by atoms with Gasteiger partial charge < -0.3 is 19.4 Å². The Hall–Kier alpha value is -3.25. The number of methoxy groups -OCH3 is 1. The van der Waals surface area contributed by atoms with Crippen LogP contribution in [0.5, 0.6) is 5.88 Å². The summed E-state index contributed by atoms with van der Waals surface area (Å²) in [5.41, 5.74) is 4.82. The van der Waals surface area contributed by atoms with Crippen LogP contribution in [0.1, 0.15) is 43.5 Å². The van der Waals surface area contributed by atoms with E-state index in [-0.39, 0.29) is 17.5 Å². The molecule has 7 heteroatoms. The van der Waals surface area contributed by atoms with Gasteiger partial charge in [0.25, 0.3) is 0 Å². The minimum absolute atomic E-state index is 0.0400. The summed E-state index contributed by atoms with van der Waals surface area (Å²) in [4.78, 5) is 19.7. The van der Waals surface area contributed by atoms with Gasteiger partial charge in [0, 0.05) is 40.7 Å². The molecule has 0 fully saturated rings. The predicted octanol–water partition coefficient (Wildman–Crippen LogP) is 5.82. The van der Waals surface area contributed by atoms with E-state index in [0.29, 0.717) is 34.7 Å². The molecule has 1 unspecified atom stereocenters. The lowest BCUT2D eigenvalue weighted by molar-refractivity contribution is 0.312. The fraction of sp³-hybridized carbons (Fsp3) is 0.333. The number of aryl methyl sites for hydroxylation is 1. The molecule has 2 aromatic heterocycles. The number of pyridine rings is 1. The Morgan fingerprint density at radius 1 is 1.18 bits per heavy atom. The van der Waals surface area contributed by atoms with Gasteiger partial charge in [-0.3, -0.25) is 4.79 Å². The van der Waals surface area contributed by atoms with E-state index in [1.165, 1.54) is 0 Å². The minimum atomic E-state index is -0.0985. The highest BCUT2D eigenvalue weighted by molar-refractivity contribution is 6.29. The van der Waals surface area contributed by atoms with Crippen LogP contribution in [-0.2, 0) is 0 Å². The molecule has 1 aromatic carbocycles. The Balaban J connectivity index is 1.80. The van der Waals surface area contributed by atoms with Crippen molar-refractivity contribution in [1.29, 1.82) is 0 Å². The van der Waals surface area contributed by atoms with Crippen molar-refractivity contribution in [1.82, 2.24) is 15.2 Å². The molecule has 0 bridgehead atoms. The molecule has 178 valence electrons. The summed E-state index contributed by atoms with van der Waals surface area (Å²) in [6, 6.07) is 7.74. The van der Waals surface area contributed by atoms with Crippen molar-refractivity contribution in [3.05, 3.63) is 80.4 Å². The molecule has 3 aromatic rings. The molecule has 1 aliphatic rings. The number of nitrogens with zero attached hydrogens (tertiary/aromatic N) is 2. The van der Waals surface area contributed by atoms with Gasteiger partial charge in [-0.15, -0.1) is 0 Å². The average Bonchev–Trinajstić information content (AvgIpc) is 2.82. The van der Waals surface area contributed by atoms with E-state index in [2.05, 4.69) is 42.0 Å². The Morgan fingerprint density at radius 2 is 1.94 bits per heavy atom. The van der Waals surface area contributed by atoms with Crippen LogP contribution in [0.25, 0.3) is 22.3 Å². The number of aromatic nitrogens is 1. The van der Waals surface area contributed by atoms with E-state index in [9.17, 15) is 4.79 Å². The second-order valence-electron chi connectivity index (χ2n) is 8.97. The number of benzene rings is 1. The Morgan fingerprint density at radius 3 is 2.65 bits per heavy atom. The molecule has 4 rings (SSSR count). The van der Waals surface area contributed by atoms with Gasteiger partial charge >= 0.3 is 0 Å². The van der Waals surface area contributed by atoms with Gasteiger partial charge in [0.05, 0.1) is 25.1 Å². The topological polar surface area (TPSA) is 67.6 Å². The SMILES string of the molecule is COc1cc(-c2oc3c(C(C)NC4=CC=C(Cl)N(C(C)C)C4)cc(C)cc3c(=O)c2C)ccn1. The van der Waals surface area contributed by atoms with Crippen molar-refractivity contribution in [2.24, 2.45) is 0 Å². The molecule has 0 saturated carbocycles. The maximum atomic E-state index is 13.4.